The van der Waals surface area contributed by atoms with Crippen LogP contribution in [-0.4, -0.2) is 4.98 Å². The van der Waals surface area contributed by atoms with Crippen molar-refractivity contribution in [3.8, 4) is 0 Å². The highest BCUT2D eigenvalue weighted by Gasteiger charge is 2.50. The summed E-state index contributed by atoms with van der Waals surface area (Å²) in [5.41, 5.74) is 5.88. The molecule has 2 aliphatic rings. The molecule has 0 spiro atoms. The fourth-order valence-corrected chi connectivity index (χ4v) is 4.71. The van der Waals surface area contributed by atoms with Crippen LogP contribution in [-0.2, 0) is 18.3 Å². The molecule has 0 radical (unpaired) electrons. The van der Waals surface area contributed by atoms with Gasteiger partial charge in [0, 0.05) is 11.4 Å². The van der Waals surface area contributed by atoms with E-state index in [0.717, 1.165) is 18.3 Å². The van der Waals surface area contributed by atoms with E-state index in [0.29, 0.717) is 5.41 Å². The summed E-state index contributed by atoms with van der Waals surface area (Å²) in [7, 11) is 0. The second-order valence-corrected chi connectivity index (χ2v) is 8.37. The van der Waals surface area contributed by atoms with Crippen LogP contribution in [0.1, 0.15) is 61.5 Å². The molecule has 1 aromatic carbocycles. The molecule has 0 unspecified atom stereocenters. The quantitative estimate of drug-likeness (QED) is 0.694. The van der Waals surface area contributed by atoms with Crippen molar-refractivity contribution in [1.29, 1.82) is 0 Å². The number of rotatable bonds is 5. The largest absolute Gasteiger partial charge is 0.258 e. The summed E-state index contributed by atoms with van der Waals surface area (Å²) in [6.07, 6.45) is 9.26. The van der Waals surface area contributed by atoms with Gasteiger partial charge in [0.1, 0.15) is 0 Å². The van der Waals surface area contributed by atoms with Crippen LogP contribution in [0.4, 0.5) is 0 Å². The van der Waals surface area contributed by atoms with E-state index in [-0.39, 0.29) is 0 Å². The molecule has 2 fully saturated rings. The Kier molecular flexibility index (Phi) is 4.20. The molecule has 0 aliphatic heterocycles. The Labute approximate surface area is 146 Å². The predicted molar refractivity (Wildman–Crippen MR) is 100 cm³/mol. The molecular weight excluding hydrogens is 290 g/mol. The first kappa shape index (κ1) is 15.9. The van der Waals surface area contributed by atoms with E-state index in [4.69, 9.17) is 4.98 Å². The van der Waals surface area contributed by atoms with Crippen molar-refractivity contribution >= 4 is 0 Å². The van der Waals surface area contributed by atoms with E-state index in [1.807, 2.05) is 0 Å². The van der Waals surface area contributed by atoms with Gasteiger partial charge in [0.25, 0.3) is 0 Å². The molecule has 0 N–H and O–H groups in total. The fourth-order valence-electron chi connectivity index (χ4n) is 4.71. The van der Waals surface area contributed by atoms with Gasteiger partial charge in [0.2, 0.25) is 0 Å². The molecule has 1 aromatic heterocycles. The first-order valence-electron chi connectivity index (χ1n) is 9.65. The minimum absolute atomic E-state index is 0.359. The molecule has 2 saturated carbocycles. The number of hydrogen-bond acceptors (Lipinski definition) is 1. The number of aromatic nitrogens is 1. The maximum Gasteiger partial charge on any atom is 0.0412 e. The Morgan fingerprint density at radius 3 is 2.38 bits per heavy atom. The molecule has 1 nitrogen and oxygen atoms in total. The lowest BCUT2D eigenvalue weighted by Gasteiger charge is -2.13. The van der Waals surface area contributed by atoms with Gasteiger partial charge < -0.3 is 0 Å². The molecular formula is C23H29N. The highest BCUT2D eigenvalue weighted by Crippen LogP contribution is 2.55. The zero-order valence-electron chi connectivity index (χ0n) is 15.1. The summed E-state index contributed by atoms with van der Waals surface area (Å²) in [5, 5.41) is 0. The number of pyridine rings is 1. The SMILES string of the molecule is Cc1cc(CC2CCCC2)nc(C[C@@H]2C[C@@]2(C)c2ccccc2)c1. The topological polar surface area (TPSA) is 12.9 Å². The average molecular weight is 319 g/mol. The van der Waals surface area contributed by atoms with Crippen molar-refractivity contribution in [1.82, 2.24) is 4.98 Å². The van der Waals surface area contributed by atoms with Gasteiger partial charge in [-0.15, -0.1) is 0 Å². The van der Waals surface area contributed by atoms with E-state index >= 15 is 0 Å². The van der Waals surface area contributed by atoms with Crippen LogP contribution in [0.5, 0.6) is 0 Å². The van der Waals surface area contributed by atoms with Crippen LogP contribution in [0.3, 0.4) is 0 Å². The molecule has 126 valence electrons. The molecule has 2 atom stereocenters. The van der Waals surface area contributed by atoms with Crippen LogP contribution < -0.4 is 0 Å². The smallest absolute Gasteiger partial charge is 0.0412 e. The van der Waals surface area contributed by atoms with Gasteiger partial charge in [-0.25, -0.2) is 0 Å². The van der Waals surface area contributed by atoms with E-state index in [2.05, 4.69) is 56.3 Å². The summed E-state index contributed by atoms with van der Waals surface area (Å²) in [6.45, 7) is 4.65. The Balaban J connectivity index is 1.46. The zero-order chi connectivity index (χ0) is 16.6. The van der Waals surface area contributed by atoms with Crippen molar-refractivity contribution in [3.63, 3.8) is 0 Å². The minimum Gasteiger partial charge on any atom is -0.258 e. The lowest BCUT2D eigenvalue weighted by atomic mass is 9.93. The van der Waals surface area contributed by atoms with Gasteiger partial charge in [-0.1, -0.05) is 62.9 Å². The number of benzene rings is 1. The van der Waals surface area contributed by atoms with Gasteiger partial charge in [-0.05, 0) is 66.7 Å². The first-order chi connectivity index (χ1) is 11.6. The Bertz CT molecular complexity index is 699. The van der Waals surface area contributed by atoms with Crippen LogP contribution in [0, 0.1) is 18.8 Å². The van der Waals surface area contributed by atoms with E-state index in [1.165, 1.54) is 61.0 Å². The monoisotopic (exact) mass is 319 g/mol. The molecule has 24 heavy (non-hydrogen) atoms. The molecule has 4 rings (SSSR count). The number of nitrogens with zero attached hydrogens (tertiary/aromatic N) is 1. The van der Waals surface area contributed by atoms with Crippen molar-refractivity contribution in [2.75, 3.05) is 0 Å². The fraction of sp³-hybridized carbons (Fsp3) is 0.522. The normalized spacial score (nSPS) is 26.7. The summed E-state index contributed by atoms with van der Waals surface area (Å²) < 4.78 is 0. The Hall–Kier alpha value is -1.63. The second-order valence-electron chi connectivity index (χ2n) is 8.37. The maximum atomic E-state index is 5.04. The van der Waals surface area contributed by atoms with Crippen molar-refractivity contribution in [2.45, 2.75) is 64.2 Å². The second kappa shape index (κ2) is 6.35. The molecule has 0 bridgehead atoms. The third kappa shape index (κ3) is 3.27. The number of hydrogen-bond donors (Lipinski definition) is 0. The molecule has 0 saturated heterocycles. The van der Waals surface area contributed by atoms with Gasteiger partial charge in [0.05, 0.1) is 0 Å². The molecule has 2 aromatic rings. The van der Waals surface area contributed by atoms with Gasteiger partial charge in [-0.3, -0.25) is 4.98 Å². The van der Waals surface area contributed by atoms with E-state index < -0.39 is 0 Å². The Morgan fingerprint density at radius 2 is 1.67 bits per heavy atom. The summed E-state index contributed by atoms with van der Waals surface area (Å²) in [5.74, 6) is 1.62. The standard InChI is InChI=1S/C23H29N/c1-17-12-21(14-18-8-6-7-9-18)24-22(13-17)15-20-16-23(20,2)19-10-4-3-5-11-19/h3-5,10-13,18,20H,6-9,14-16H2,1-2H3/t20-,23+/m1/s1. The third-order valence-corrected chi connectivity index (χ3v) is 6.35. The van der Waals surface area contributed by atoms with Crippen LogP contribution in [0.25, 0.3) is 0 Å². The van der Waals surface area contributed by atoms with E-state index in [1.54, 1.807) is 0 Å². The van der Waals surface area contributed by atoms with Gasteiger partial charge in [0.15, 0.2) is 0 Å². The summed E-state index contributed by atoms with van der Waals surface area (Å²) in [4.78, 5) is 5.04. The van der Waals surface area contributed by atoms with E-state index in [9.17, 15) is 0 Å². The van der Waals surface area contributed by atoms with Crippen molar-refractivity contribution in [2.24, 2.45) is 11.8 Å². The Morgan fingerprint density at radius 1 is 1.00 bits per heavy atom. The van der Waals surface area contributed by atoms with Gasteiger partial charge >= 0.3 is 0 Å². The van der Waals surface area contributed by atoms with Crippen LogP contribution >= 0.6 is 0 Å². The van der Waals surface area contributed by atoms with Crippen molar-refractivity contribution < 1.29 is 0 Å². The summed E-state index contributed by atoms with van der Waals surface area (Å²) >= 11 is 0. The predicted octanol–water partition coefficient (Wildman–Crippen LogP) is 5.64. The van der Waals surface area contributed by atoms with Crippen LogP contribution in [0.15, 0.2) is 42.5 Å². The highest BCUT2D eigenvalue weighted by molar-refractivity contribution is 5.34. The molecule has 1 heteroatoms. The van der Waals surface area contributed by atoms with Gasteiger partial charge in [-0.2, -0.15) is 0 Å². The van der Waals surface area contributed by atoms with Crippen LogP contribution in [0.2, 0.25) is 0 Å². The van der Waals surface area contributed by atoms with Crippen molar-refractivity contribution in [3.05, 3.63) is 65.0 Å². The third-order valence-electron chi connectivity index (χ3n) is 6.35. The molecule has 0 amide bonds. The lowest BCUT2D eigenvalue weighted by molar-refractivity contribution is 0.536. The molecule has 2 aliphatic carbocycles. The zero-order valence-corrected chi connectivity index (χ0v) is 15.1. The highest BCUT2D eigenvalue weighted by atomic mass is 14.7. The first-order valence-corrected chi connectivity index (χ1v) is 9.65. The number of aryl methyl sites for hydroxylation is 1. The lowest BCUT2D eigenvalue weighted by Crippen LogP contribution is -2.08. The minimum atomic E-state index is 0.359. The summed E-state index contributed by atoms with van der Waals surface area (Å²) in [6, 6.07) is 15.6. The average Bonchev–Trinajstić information content (AvgIpc) is 2.96. The maximum absolute atomic E-state index is 5.04. The molecule has 1 heterocycles.